The Bertz CT molecular complexity index is 469. The van der Waals surface area contributed by atoms with Gasteiger partial charge in [-0.2, -0.15) is 0 Å². The Kier molecular flexibility index (Phi) is 4.96. The number of carbonyl (C=O) groups excluding carboxylic acids is 1. The summed E-state index contributed by atoms with van der Waals surface area (Å²) in [5.74, 6) is -1.62. The second-order valence-electron chi connectivity index (χ2n) is 4.84. The smallest absolute Gasteiger partial charge is 0.224 e. The van der Waals surface area contributed by atoms with Gasteiger partial charge in [0, 0.05) is 10.6 Å². The summed E-state index contributed by atoms with van der Waals surface area (Å²) in [7, 11) is 0. The van der Waals surface area contributed by atoms with Gasteiger partial charge in [0.2, 0.25) is 5.91 Å². The minimum absolute atomic E-state index is 0.110. The van der Waals surface area contributed by atoms with E-state index in [-0.39, 0.29) is 29.5 Å². The summed E-state index contributed by atoms with van der Waals surface area (Å²) in [5, 5.41) is 2.93. The second-order valence-corrected chi connectivity index (χ2v) is 5.25. The van der Waals surface area contributed by atoms with Gasteiger partial charge in [0.25, 0.3) is 0 Å². The molecule has 110 valence electrons. The fraction of sp³-hybridized carbons (Fsp3) is 0.500. The molecular formula is C14H17ClFNO3. The molecule has 0 saturated carbocycles. The minimum Gasteiger partial charge on any atom is -0.350 e. The van der Waals surface area contributed by atoms with Crippen molar-refractivity contribution in [3.63, 3.8) is 0 Å². The van der Waals surface area contributed by atoms with E-state index in [2.05, 4.69) is 5.32 Å². The summed E-state index contributed by atoms with van der Waals surface area (Å²) >= 11 is 5.88. The number of nitrogens with one attached hydrogen (secondary N) is 1. The molecule has 1 aromatic carbocycles. The predicted octanol–water partition coefficient (Wildman–Crippen LogP) is 2.29. The average Bonchev–Trinajstić information content (AvgIpc) is 2.42. The van der Waals surface area contributed by atoms with E-state index in [0.29, 0.717) is 13.2 Å². The number of amides is 1. The van der Waals surface area contributed by atoms with Crippen LogP contribution < -0.4 is 5.32 Å². The zero-order chi connectivity index (χ0) is 14.6. The molecular weight excluding hydrogens is 285 g/mol. The van der Waals surface area contributed by atoms with Crippen molar-refractivity contribution in [1.29, 1.82) is 0 Å². The van der Waals surface area contributed by atoms with E-state index in [1.54, 1.807) is 13.0 Å². The van der Waals surface area contributed by atoms with Crippen LogP contribution in [-0.4, -0.2) is 31.5 Å². The zero-order valence-corrected chi connectivity index (χ0v) is 12.0. The number of rotatable bonds is 4. The normalized spacial score (nSPS) is 17.8. The molecule has 20 heavy (non-hydrogen) atoms. The van der Waals surface area contributed by atoms with Gasteiger partial charge in [-0.1, -0.05) is 17.7 Å². The van der Waals surface area contributed by atoms with Crippen LogP contribution in [-0.2, 0) is 20.7 Å². The highest BCUT2D eigenvalue weighted by atomic mass is 35.5. The van der Waals surface area contributed by atoms with Gasteiger partial charge in [-0.3, -0.25) is 4.79 Å². The lowest BCUT2D eigenvalue weighted by molar-refractivity contribution is -0.251. The van der Waals surface area contributed by atoms with Gasteiger partial charge >= 0.3 is 0 Å². The van der Waals surface area contributed by atoms with Crippen LogP contribution in [0.15, 0.2) is 18.2 Å². The number of halogens is 2. The Morgan fingerprint density at radius 3 is 2.80 bits per heavy atom. The lowest BCUT2D eigenvalue weighted by Crippen LogP contribution is -2.47. The van der Waals surface area contributed by atoms with Crippen molar-refractivity contribution >= 4 is 17.5 Å². The van der Waals surface area contributed by atoms with Crippen LogP contribution in [0.4, 0.5) is 4.39 Å². The lowest BCUT2D eigenvalue weighted by atomic mass is 10.1. The molecule has 1 amide bonds. The maximum Gasteiger partial charge on any atom is 0.224 e. The summed E-state index contributed by atoms with van der Waals surface area (Å²) in [5.41, 5.74) is 0.197. The molecule has 1 aromatic rings. The summed E-state index contributed by atoms with van der Waals surface area (Å²) in [6.07, 6.45) is 0.732. The third-order valence-corrected chi connectivity index (χ3v) is 3.46. The van der Waals surface area contributed by atoms with E-state index in [0.717, 1.165) is 6.42 Å². The fourth-order valence-corrected chi connectivity index (χ4v) is 2.19. The fourth-order valence-electron chi connectivity index (χ4n) is 1.96. The maximum absolute atomic E-state index is 13.6. The first kappa shape index (κ1) is 15.2. The molecule has 1 aliphatic rings. The van der Waals surface area contributed by atoms with Gasteiger partial charge in [0.05, 0.1) is 26.2 Å². The Morgan fingerprint density at radius 1 is 1.45 bits per heavy atom. The van der Waals surface area contributed by atoms with Gasteiger partial charge in [-0.05, 0) is 25.5 Å². The topological polar surface area (TPSA) is 47.6 Å². The SMILES string of the molecule is CC1(CNC(=O)Cc2c(F)cccc2Cl)OCCCO1. The van der Waals surface area contributed by atoms with E-state index in [1.807, 2.05) is 0 Å². The average molecular weight is 302 g/mol. The van der Waals surface area contributed by atoms with Crippen LogP contribution in [0.2, 0.25) is 5.02 Å². The Balaban J connectivity index is 1.89. The third kappa shape index (κ3) is 3.91. The summed E-state index contributed by atoms with van der Waals surface area (Å²) in [6.45, 7) is 3.19. The van der Waals surface area contributed by atoms with Crippen molar-refractivity contribution in [1.82, 2.24) is 5.32 Å². The van der Waals surface area contributed by atoms with Gasteiger partial charge in [0.1, 0.15) is 5.82 Å². The number of carbonyl (C=O) groups is 1. The van der Waals surface area contributed by atoms with Crippen molar-refractivity contribution in [2.45, 2.75) is 25.6 Å². The summed E-state index contributed by atoms with van der Waals surface area (Å²) in [6, 6.07) is 4.34. The highest BCUT2D eigenvalue weighted by Crippen LogP contribution is 2.20. The van der Waals surface area contributed by atoms with Gasteiger partial charge < -0.3 is 14.8 Å². The predicted molar refractivity (Wildman–Crippen MR) is 73.0 cm³/mol. The van der Waals surface area contributed by atoms with Gasteiger partial charge in [0.15, 0.2) is 5.79 Å². The highest BCUT2D eigenvalue weighted by Gasteiger charge is 2.29. The number of ether oxygens (including phenoxy) is 2. The molecule has 0 spiro atoms. The van der Waals surface area contributed by atoms with Crippen molar-refractivity contribution in [2.24, 2.45) is 0 Å². The number of hydrogen-bond donors (Lipinski definition) is 1. The molecule has 0 aromatic heterocycles. The van der Waals surface area contributed by atoms with Crippen molar-refractivity contribution in [3.05, 3.63) is 34.6 Å². The quantitative estimate of drug-likeness (QED) is 0.928. The molecule has 2 rings (SSSR count). The van der Waals surface area contributed by atoms with E-state index in [1.165, 1.54) is 12.1 Å². The van der Waals surface area contributed by atoms with Crippen LogP contribution in [0.1, 0.15) is 18.9 Å². The monoisotopic (exact) mass is 301 g/mol. The van der Waals surface area contributed by atoms with Gasteiger partial charge in [-0.15, -0.1) is 0 Å². The highest BCUT2D eigenvalue weighted by molar-refractivity contribution is 6.31. The summed E-state index contributed by atoms with van der Waals surface area (Å²) < 4.78 is 24.5. The van der Waals surface area contributed by atoms with E-state index >= 15 is 0 Å². The summed E-state index contributed by atoms with van der Waals surface area (Å²) in [4.78, 5) is 11.9. The molecule has 1 heterocycles. The molecule has 0 atom stereocenters. The van der Waals surface area contributed by atoms with Crippen LogP contribution in [0, 0.1) is 5.82 Å². The van der Waals surface area contributed by atoms with Crippen LogP contribution in [0.5, 0.6) is 0 Å². The van der Waals surface area contributed by atoms with Crippen LogP contribution in [0.3, 0.4) is 0 Å². The molecule has 0 bridgehead atoms. The Hall–Kier alpha value is -1.17. The van der Waals surface area contributed by atoms with Crippen LogP contribution in [0.25, 0.3) is 0 Å². The molecule has 1 saturated heterocycles. The van der Waals surface area contributed by atoms with Crippen molar-refractivity contribution < 1.29 is 18.7 Å². The standard InChI is InChI=1S/C14H17ClFNO3/c1-14(19-6-3-7-20-14)9-17-13(18)8-10-11(15)4-2-5-12(10)16/h2,4-5H,3,6-9H2,1H3,(H,17,18). The number of hydrogen-bond acceptors (Lipinski definition) is 3. The first-order valence-electron chi connectivity index (χ1n) is 6.48. The molecule has 0 radical (unpaired) electrons. The molecule has 1 N–H and O–H groups in total. The van der Waals surface area contributed by atoms with Gasteiger partial charge in [-0.25, -0.2) is 4.39 Å². The third-order valence-electron chi connectivity index (χ3n) is 3.11. The van der Waals surface area contributed by atoms with E-state index in [9.17, 15) is 9.18 Å². The first-order valence-corrected chi connectivity index (χ1v) is 6.85. The van der Waals surface area contributed by atoms with E-state index in [4.69, 9.17) is 21.1 Å². The first-order chi connectivity index (χ1) is 9.50. The Labute approximate surface area is 122 Å². The largest absolute Gasteiger partial charge is 0.350 e. The Morgan fingerprint density at radius 2 is 2.15 bits per heavy atom. The molecule has 6 heteroatoms. The maximum atomic E-state index is 13.6. The molecule has 4 nitrogen and oxygen atoms in total. The second kappa shape index (κ2) is 6.52. The van der Waals surface area contributed by atoms with Crippen molar-refractivity contribution in [3.8, 4) is 0 Å². The molecule has 1 aliphatic heterocycles. The molecule has 1 fully saturated rings. The van der Waals surface area contributed by atoms with E-state index < -0.39 is 11.6 Å². The minimum atomic E-state index is -0.813. The van der Waals surface area contributed by atoms with Crippen molar-refractivity contribution in [2.75, 3.05) is 19.8 Å². The zero-order valence-electron chi connectivity index (χ0n) is 11.2. The van der Waals surface area contributed by atoms with Crippen LogP contribution >= 0.6 is 11.6 Å². The molecule has 0 aliphatic carbocycles. The molecule has 0 unspecified atom stereocenters. The lowest BCUT2D eigenvalue weighted by Gasteiger charge is -2.33. The number of benzene rings is 1.